The number of hydrogen-bond donors (Lipinski definition) is 0. The maximum Gasteiger partial charge on any atom is 0.0807 e. The summed E-state index contributed by atoms with van der Waals surface area (Å²) in [5.74, 6) is 3.68. The molecule has 22 heavy (non-hydrogen) atoms. The third-order valence-electron chi connectivity index (χ3n) is 5.41. The van der Waals surface area contributed by atoms with Gasteiger partial charge in [-0.3, -0.25) is 9.98 Å². The Kier molecular flexibility index (Phi) is 5.28. The largest absolute Gasteiger partial charge is 0.277 e. The topological polar surface area (TPSA) is 24.7 Å². The molecule has 4 heteroatoms. The van der Waals surface area contributed by atoms with Gasteiger partial charge in [0.05, 0.1) is 27.6 Å². The fourth-order valence-electron chi connectivity index (χ4n) is 3.66. The van der Waals surface area contributed by atoms with Gasteiger partial charge in [0.1, 0.15) is 0 Å². The molecule has 1 fully saturated rings. The summed E-state index contributed by atoms with van der Waals surface area (Å²) in [5, 5.41) is 2.86. The van der Waals surface area contributed by atoms with Crippen molar-refractivity contribution >= 4 is 33.6 Å². The molecule has 1 saturated carbocycles. The summed E-state index contributed by atoms with van der Waals surface area (Å²) >= 11 is 4.07. The van der Waals surface area contributed by atoms with E-state index in [1.165, 1.54) is 53.7 Å². The van der Waals surface area contributed by atoms with Gasteiger partial charge in [-0.1, -0.05) is 47.0 Å². The molecule has 2 atom stereocenters. The zero-order valence-electron chi connectivity index (χ0n) is 14.5. The third-order valence-corrected chi connectivity index (χ3v) is 7.97. The van der Waals surface area contributed by atoms with Crippen LogP contribution in [0, 0.1) is 17.3 Å². The van der Waals surface area contributed by atoms with Crippen molar-refractivity contribution in [3.63, 3.8) is 0 Å². The predicted octanol–water partition coefficient (Wildman–Crippen LogP) is 5.28. The molecule has 0 unspecified atom stereocenters. The minimum atomic E-state index is 0.195. The van der Waals surface area contributed by atoms with E-state index in [-0.39, 0.29) is 5.41 Å². The van der Waals surface area contributed by atoms with Gasteiger partial charge < -0.3 is 0 Å². The van der Waals surface area contributed by atoms with E-state index in [9.17, 15) is 0 Å². The highest BCUT2D eigenvalue weighted by Crippen LogP contribution is 2.49. The van der Waals surface area contributed by atoms with E-state index in [1.54, 1.807) is 0 Å². The molecule has 1 aliphatic carbocycles. The quantitative estimate of drug-likeness (QED) is 0.697. The maximum atomic E-state index is 5.18. The molecule has 0 N–H and O–H groups in total. The van der Waals surface area contributed by atoms with Crippen LogP contribution in [0.4, 0.5) is 0 Å². The van der Waals surface area contributed by atoms with Gasteiger partial charge >= 0.3 is 0 Å². The van der Waals surface area contributed by atoms with Crippen LogP contribution in [0.5, 0.6) is 0 Å². The zero-order chi connectivity index (χ0) is 15.7. The molecule has 0 bridgehead atoms. The highest BCUT2D eigenvalue weighted by atomic mass is 32.2. The lowest BCUT2D eigenvalue weighted by molar-refractivity contribution is 0.380. The first-order valence-corrected chi connectivity index (χ1v) is 10.9. The Morgan fingerprint density at radius 1 is 0.818 bits per heavy atom. The zero-order valence-corrected chi connectivity index (χ0v) is 16.1. The molecule has 3 aliphatic rings. The van der Waals surface area contributed by atoms with E-state index in [0.29, 0.717) is 23.9 Å². The fraction of sp³-hybridized carbons (Fsp3) is 0.889. The van der Waals surface area contributed by atoms with E-state index < -0.39 is 0 Å². The summed E-state index contributed by atoms with van der Waals surface area (Å²) in [6.45, 7) is 9.23. The number of rotatable bonds is 4. The van der Waals surface area contributed by atoms with Gasteiger partial charge in [-0.15, -0.1) is 23.5 Å². The Labute approximate surface area is 144 Å². The second kappa shape index (κ2) is 6.88. The maximum absolute atomic E-state index is 5.18. The monoisotopic (exact) mass is 338 g/mol. The highest BCUT2D eigenvalue weighted by Gasteiger charge is 2.46. The molecule has 0 aromatic heterocycles. The minimum absolute atomic E-state index is 0.195. The Morgan fingerprint density at radius 3 is 1.64 bits per heavy atom. The Bertz CT molecular complexity index is 426. The average molecular weight is 339 g/mol. The first kappa shape index (κ1) is 16.9. The van der Waals surface area contributed by atoms with Crippen molar-refractivity contribution in [3.8, 4) is 0 Å². The van der Waals surface area contributed by atoms with Gasteiger partial charge in [0.2, 0.25) is 0 Å². The number of hydrogen-bond acceptors (Lipinski definition) is 4. The van der Waals surface area contributed by atoms with Crippen LogP contribution in [0.1, 0.15) is 59.8 Å². The Morgan fingerprint density at radius 2 is 1.27 bits per heavy atom. The van der Waals surface area contributed by atoms with Gasteiger partial charge in [-0.05, 0) is 24.7 Å². The number of thioether (sulfide) groups is 2. The van der Waals surface area contributed by atoms with Crippen LogP contribution in [-0.2, 0) is 0 Å². The summed E-state index contributed by atoms with van der Waals surface area (Å²) in [5.41, 5.74) is 0.195. The molecule has 0 radical (unpaired) electrons. The van der Waals surface area contributed by atoms with Gasteiger partial charge in [0, 0.05) is 11.5 Å². The fourth-order valence-corrected chi connectivity index (χ4v) is 6.87. The van der Waals surface area contributed by atoms with Crippen LogP contribution >= 0.6 is 23.5 Å². The van der Waals surface area contributed by atoms with Crippen molar-refractivity contribution in [2.75, 3.05) is 11.5 Å². The lowest BCUT2D eigenvalue weighted by Crippen LogP contribution is -2.37. The molecule has 124 valence electrons. The molecule has 0 spiro atoms. The van der Waals surface area contributed by atoms with Crippen LogP contribution < -0.4 is 0 Å². The summed E-state index contributed by atoms with van der Waals surface area (Å²) in [6.07, 6.45) is 6.63. The van der Waals surface area contributed by atoms with Crippen molar-refractivity contribution < 1.29 is 0 Å². The van der Waals surface area contributed by atoms with E-state index in [2.05, 4.69) is 27.7 Å². The highest BCUT2D eigenvalue weighted by molar-refractivity contribution is 8.16. The number of nitrogens with zero attached hydrogens (tertiary/aromatic N) is 2. The lowest BCUT2D eigenvalue weighted by Gasteiger charge is -2.36. The van der Waals surface area contributed by atoms with Crippen LogP contribution in [0.2, 0.25) is 0 Å². The molecule has 2 nitrogen and oxygen atoms in total. The standard InChI is InChI=1S/C18H30N2S2/c1-12(2)14-10-21-16(19-14)18(8-6-5-7-9-18)17-20-15(11-22-17)13(3)4/h12-15H,5-11H2,1-4H3/t14-,15-/m0/s1. The molecule has 0 amide bonds. The molecular weight excluding hydrogens is 308 g/mol. The smallest absolute Gasteiger partial charge is 0.0807 e. The number of aliphatic imine (C=N–C) groups is 2. The molecule has 3 rings (SSSR count). The SMILES string of the molecule is CC(C)[C@@H]1CSC(C2(C3=N[C@H](C(C)C)CS3)CCCCC2)=N1. The average Bonchev–Trinajstić information content (AvgIpc) is 3.18. The minimum Gasteiger partial charge on any atom is -0.277 e. The van der Waals surface area contributed by atoms with E-state index in [1.807, 2.05) is 23.5 Å². The van der Waals surface area contributed by atoms with E-state index >= 15 is 0 Å². The van der Waals surface area contributed by atoms with Gasteiger partial charge in [-0.25, -0.2) is 0 Å². The van der Waals surface area contributed by atoms with E-state index in [4.69, 9.17) is 9.98 Å². The van der Waals surface area contributed by atoms with Gasteiger partial charge in [0.15, 0.2) is 0 Å². The molecule has 0 saturated heterocycles. The molecule has 0 aromatic carbocycles. The normalized spacial score (nSPS) is 31.7. The summed E-state index contributed by atoms with van der Waals surface area (Å²) < 4.78 is 0. The van der Waals surface area contributed by atoms with Gasteiger partial charge in [0.25, 0.3) is 0 Å². The second-order valence-electron chi connectivity index (χ2n) is 7.76. The van der Waals surface area contributed by atoms with Crippen LogP contribution in [0.3, 0.4) is 0 Å². The van der Waals surface area contributed by atoms with Gasteiger partial charge in [-0.2, -0.15) is 0 Å². The van der Waals surface area contributed by atoms with Crippen LogP contribution in [-0.4, -0.2) is 33.7 Å². The Hall–Kier alpha value is 0.0400. The summed E-state index contributed by atoms with van der Waals surface area (Å²) in [6, 6.07) is 1.04. The van der Waals surface area contributed by atoms with E-state index in [0.717, 1.165) is 0 Å². The summed E-state index contributed by atoms with van der Waals surface area (Å²) in [4.78, 5) is 10.4. The summed E-state index contributed by atoms with van der Waals surface area (Å²) in [7, 11) is 0. The third kappa shape index (κ3) is 3.15. The van der Waals surface area contributed by atoms with Crippen molar-refractivity contribution in [2.45, 2.75) is 71.9 Å². The first-order valence-electron chi connectivity index (χ1n) is 8.95. The molecule has 2 aliphatic heterocycles. The van der Waals surface area contributed by atoms with Crippen molar-refractivity contribution in [1.29, 1.82) is 0 Å². The van der Waals surface area contributed by atoms with Crippen molar-refractivity contribution in [3.05, 3.63) is 0 Å². The second-order valence-corrected chi connectivity index (χ2v) is 9.77. The van der Waals surface area contributed by atoms with Crippen LogP contribution in [0.25, 0.3) is 0 Å². The van der Waals surface area contributed by atoms with Crippen molar-refractivity contribution in [2.24, 2.45) is 27.2 Å². The Balaban J connectivity index is 1.90. The predicted molar refractivity (Wildman–Crippen MR) is 103 cm³/mol. The lowest BCUT2D eigenvalue weighted by atomic mass is 9.75. The molecular formula is C18H30N2S2. The van der Waals surface area contributed by atoms with Crippen molar-refractivity contribution in [1.82, 2.24) is 0 Å². The van der Waals surface area contributed by atoms with Crippen LogP contribution in [0.15, 0.2) is 9.98 Å². The molecule has 2 heterocycles. The first-order chi connectivity index (χ1) is 10.5. The molecule has 0 aromatic rings.